The number of ketones is 1. The third kappa shape index (κ3) is 13.4. The highest BCUT2D eigenvalue weighted by Gasteiger charge is 2.21. The Morgan fingerprint density at radius 2 is 1.13 bits per heavy atom. The van der Waals surface area contributed by atoms with Crippen LogP contribution in [0, 0.1) is 0 Å². The first kappa shape index (κ1) is 29.1. The fraction of sp³-hybridized carbons (Fsp3) is 0.741. The summed E-state index contributed by atoms with van der Waals surface area (Å²) in [5.74, 6) is 0.244. The molecule has 0 aliphatic heterocycles. The van der Waals surface area contributed by atoms with Crippen LogP contribution in [0.2, 0.25) is 0 Å². The van der Waals surface area contributed by atoms with Gasteiger partial charge in [-0.25, -0.2) is 0 Å². The van der Waals surface area contributed by atoms with Crippen molar-refractivity contribution >= 4 is 18.2 Å². The maximum absolute atomic E-state index is 12.6. The van der Waals surface area contributed by atoms with Crippen LogP contribution in [0.25, 0.3) is 0 Å². The number of hydrogen-bond donors (Lipinski definition) is 1. The van der Waals surface area contributed by atoms with E-state index in [0.717, 1.165) is 24.0 Å². The summed E-state index contributed by atoms with van der Waals surface area (Å²) in [6.07, 6.45) is 20.9. The minimum atomic E-state index is -0.471. The Labute approximate surface area is 193 Å². The highest BCUT2D eigenvalue weighted by atomic mass is 35.5. The van der Waals surface area contributed by atoms with Crippen LogP contribution in [0.1, 0.15) is 139 Å². The zero-order valence-corrected chi connectivity index (χ0v) is 20.8. The minimum Gasteiger partial charge on any atom is -0.322 e. The maximum atomic E-state index is 12.6. The van der Waals surface area contributed by atoms with Crippen molar-refractivity contribution < 1.29 is 4.79 Å². The van der Waals surface area contributed by atoms with E-state index in [4.69, 9.17) is 5.73 Å². The minimum absolute atomic E-state index is 0. The summed E-state index contributed by atoms with van der Waals surface area (Å²) in [7, 11) is 0. The van der Waals surface area contributed by atoms with E-state index in [2.05, 4.69) is 6.92 Å². The van der Waals surface area contributed by atoms with Crippen molar-refractivity contribution in [1.29, 1.82) is 0 Å². The predicted octanol–water partition coefficient (Wildman–Crippen LogP) is 8.75. The molecule has 0 saturated heterocycles. The highest BCUT2D eigenvalue weighted by molar-refractivity contribution is 5.97. The topological polar surface area (TPSA) is 43.1 Å². The lowest BCUT2D eigenvalue weighted by atomic mass is 9.88. The van der Waals surface area contributed by atoms with Gasteiger partial charge in [0.2, 0.25) is 0 Å². The SMILES string of the molecule is CCCCCCCCCCCCCCCCCC(=O)c1ccccc1C(C)(C)N.Cl. The number of carbonyl (C=O) groups is 1. The van der Waals surface area contributed by atoms with Gasteiger partial charge < -0.3 is 5.73 Å². The summed E-state index contributed by atoms with van der Waals surface area (Å²) in [5, 5.41) is 0. The van der Waals surface area contributed by atoms with Crippen molar-refractivity contribution in [3.8, 4) is 0 Å². The van der Waals surface area contributed by atoms with Crippen LogP contribution in [-0.4, -0.2) is 5.78 Å². The lowest BCUT2D eigenvalue weighted by molar-refractivity contribution is 0.0976. The Morgan fingerprint density at radius 3 is 1.57 bits per heavy atom. The second-order valence-corrected chi connectivity index (χ2v) is 9.39. The number of Topliss-reactive ketones (excluding diaryl/α,β-unsaturated/α-hetero) is 1. The molecule has 0 bridgehead atoms. The van der Waals surface area contributed by atoms with E-state index in [1.54, 1.807) is 0 Å². The predicted molar refractivity (Wildman–Crippen MR) is 135 cm³/mol. The van der Waals surface area contributed by atoms with E-state index < -0.39 is 5.54 Å². The number of rotatable bonds is 18. The molecular formula is C27H48ClNO. The zero-order valence-electron chi connectivity index (χ0n) is 20.0. The van der Waals surface area contributed by atoms with Crippen LogP contribution >= 0.6 is 12.4 Å². The average Bonchev–Trinajstić information content (AvgIpc) is 2.70. The van der Waals surface area contributed by atoms with Gasteiger partial charge in [0, 0.05) is 17.5 Å². The van der Waals surface area contributed by atoms with Crippen LogP contribution in [0.15, 0.2) is 24.3 Å². The van der Waals surface area contributed by atoms with Crippen molar-refractivity contribution in [2.45, 2.75) is 129 Å². The molecule has 0 heterocycles. The van der Waals surface area contributed by atoms with Crippen LogP contribution < -0.4 is 5.73 Å². The largest absolute Gasteiger partial charge is 0.322 e. The molecule has 0 spiro atoms. The molecule has 1 rings (SSSR count). The number of halogens is 1. The number of benzene rings is 1. The molecule has 0 aliphatic rings. The van der Waals surface area contributed by atoms with E-state index in [9.17, 15) is 4.79 Å². The van der Waals surface area contributed by atoms with Gasteiger partial charge >= 0.3 is 0 Å². The van der Waals surface area contributed by atoms with E-state index in [1.807, 2.05) is 38.1 Å². The molecule has 1 aromatic carbocycles. The second-order valence-electron chi connectivity index (χ2n) is 9.39. The Morgan fingerprint density at radius 1 is 0.733 bits per heavy atom. The Balaban J connectivity index is 0.00000841. The zero-order chi connectivity index (χ0) is 21.4. The molecule has 1 aromatic rings. The first-order chi connectivity index (χ1) is 14.0. The molecule has 174 valence electrons. The van der Waals surface area contributed by atoms with Gasteiger partial charge in [-0.1, -0.05) is 121 Å². The summed E-state index contributed by atoms with van der Waals surface area (Å²) >= 11 is 0. The summed E-state index contributed by atoms with van der Waals surface area (Å²) < 4.78 is 0. The Bertz CT molecular complexity index is 550. The molecule has 0 amide bonds. The number of carbonyl (C=O) groups excluding carboxylic acids is 1. The molecule has 2 N–H and O–H groups in total. The second kappa shape index (κ2) is 17.8. The molecule has 0 fully saturated rings. The van der Waals surface area contributed by atoms with Crippen molar-refractivity contribution in [2.75, 3.05) is 0 Å². The molecule has 30 heavy (non-hydrogen) atoms. The normalized spacial score (nSPS) is 11.3. The summed E-state index contributed by atoms with van der Waals surface area (Å²) in [6.45, 7) is 6.21. The number of hydrogen-bond acceptors (Lipinski definition) is 2. The van der Waals surface area contributed by atoms with Crippen LogP contribution in [-0.2, 0) is 5.54 Å². The number of nitrogens with two attached hydrogens (primary N) is 1. The smallest absolute Gasteiger partial charge is 0.163 e. The van der Waals surface area contributed by atoms with Gasteiger partial charge in [0.25, 0.3) is 0 Å². The summed E-state index contributed by atoms with van der Waals surface area (Å²) in [5.41, 5.74) is 7.53. The highest BCUT2D eigenvalue weighted by Crippen LogP contribution is 2.23. The van der Waals surface area contributed by atoms with Crippen LogP contribution in [0.4, 0.5) is 0 Å². The lowest BCUT2D eigenvalue weighted by Gasteiger charge is -2.22. The average molecular weight is 438 g/mol. The van der Waals surface area contributed by atoms with Gasteiger partial charge in [-0.05, 0) is 25.8 Å². The van der Waals surface area contributed by atoms with E-state index in [1.165, 1.54) is 83.5 Å². The lowest BCUT2D eigenvalue weighted by Crippen LogP contribution is -2.30. The molecule has 0 atom stereocenters. The fourth-order valence-electron chi connectivity index (χ4n) is 4.08. The van der Waals surface area contributed by atoms with Crippen molar-refractivity contribution in [1.82, 2.24) is 0 Å². The summed E-state index contributed by atoms with van der Waals surface area (Å²) in [4.78, 5) is 12.6. The quantitative estimate of drug-likeness (QED) is 0.184. The van der Waals surface area contributed by atoms with Crippen molar-refractivity contribution in [2.24, 2.45) is 5.73 Å². The van der Waals surface area contributed by atoms with Gasteiger partial charge in [-0.15, -0.1) is 12.4 Å². The molecule has 0 saturated carbocycles. The van der Waals surface area contributed by atoms with Crippen molar-refractivity contribution in [3.05, 3.63) is 35.4 Å². The van der Waals surface area contributed by atoms with Gasteiger partial charge in [0.1, 0.15) is 0 Å². The molecule has 0 aliphatic carbocycles. The first-order valence-corrected chi connectivity index (χ1v) is 12.4. The van der Waals surface area contributed by atoms with Gasteiger partial charge in [0.05, 0.1) is 0 Å². The van der Waals surface area contributed by atoms with E-state index in [-0.39, 0.29) is 18.2 Å². The summed E-state index contributed by atoms with van der Waals surface area (Å²) in [6, 6.07) is 7.82. The molecule has 3 heteroatoms. The van der Waals surface area contributed by atoms with Crippen LogP contribution in [0.5, 0.6) is 0 Å². The van der Waals surface area contributed by atoms with E-state index >= 15 is 0 Å². The van der Waals surface area contributed by atoms with Crippen molar-refractivity contribution in [3.63, 3.8) is 0 Å². The molecular weight excluding hydrogens is 390 g/mol. The molecule has 0 unspecified atom stereocenters. The molecule has 2 nitrogen and oxygen atoms in total. The Hall–Kier alpha value is -0.860. The maximum Gasteiger partial charge on any atom is 0.163 e. The van der Waals surface area contributed by atoms with Crippen LogP contribution in [0.3, 0.4) is 0 Å². The van der Waals surface area contributed by atoms with Gasteiger partial charge in [0.15, 0.2) is 5.78 Å². The third-order valence-electron chi connectivity index (χ3n) is 5.93. The number of unbranched alkanes of at least 4 members (excludes halogenated alkanes) is 14. The fourth-order valence-corrected chi connectivity index (χ4v) is 4.08. The van der Waals surface area contributed by atoms with Gasteiger partial charge in [-0.3, -0.25) is 4.79 Å². The first-order valence-electron chi connectivity index (χ1n) is 12.4. The molecule has 0 aromatic heterocycles. The molecule has 0 radical (unpaired) electrons. The third-order valence-corrected chi connectivity index (χ3v) is 5.93. The Kier molecular flexibility index (Phi) is 17.3. The van der Waals surface area contributed by atoms with Gasteiger partial charge in [-0.2, -0.15) is 0 Å². The monoisotopic (exact) mass is 437 g/mol. The van der Waals surface area contributed by atoms with E-state index in [0.29, 0.717) is 6.42 Å². The standard InChI is InChI=1S/C27H47NO.ClH/c1-4-5-6-7-8-9-10-11-12-13-14-15-16-17-18-23-26(29)24-21-19-20-22-25(24)27(2,3)28;/h19-22H,4-18,23,28H2,1-3H3;1H.